The zero-order valence-corrected chi connectivity index (χ0v) is 7.26. The first-order chi connectivity index (χ1) is 5.37. The minimum atomic E-state index is -1.68. The molecule has 0 saturated heterocycles. The van der Waals surface area contributed by atoms with Crippen LogP contribution in [0.5, 0.6) is 0 Å². The predicted molar refractivity (Wildman–Crippen MR) is 41.8 cm³/mol. The van der Waals surface area contributed by atoms with Gasteiger partial charge in [0, 0.05) is 0 Å². The van der Waals surface area contributed by atoms with Crippen molar-refractivity contribution in [3.8, 4) is 0 Å². The predicted octanol–water partition coefficient (Wildman–Crippen LogP) is 1.16. The van der Waals surface area contributed by atoms with Crippen molar-refractivity contribution in [2.45, 2.75) is 26.9 Å². The standard InChI is InChI=1S/C6H12N2O4/c1-4(2)5(3)6(7(9)10)8(11)12/h4-6H,1-3H3. The van der Waals surface area contributed by atoms with E-state index in [0.29, 0.717) is 0 Å². The number of hydrogen-bond donors (Lipinski definition) is 0. The third kappa shape index (κ3) is 2.44. The summed E-state index contributed by atoms with van der Waals surface area (Å²) in [4.78, 5) is 18.8. The highest BCUT2D eigenvalue weighted by Gasteiger charge is 2.40. The lowest BCUT2D eigenvalue weighted by atomic mass is 9.95. The zero-order valence-electron chi connectivity index (χ0n) is 7.26. The number of nitro groups is 2. The van der Waals surface area contributed by atoms with Crippen molar-refractivity contribution in [3.05, 3.63) is 20.2 Å². The maximum Gasteiger partial charge on any atom is 0.453 e. The van der Waals surface area contributed by atoms with Crippen molar-refractivity contribution < 1.29 is 9.85 Å². The van der Waals surface area contributed by atoms with Crippen LogP contribution in [0.1, 0.15) is 20.8 Å². The summed E-state index contributed by atoms with van der Waals surface area (Å²) in [6.45, 7) is 4.97. The van der Waals surface area contributed by atoms with Crippen molar-refractivity contribution in [1.82, 2.24) is 0 Å². The molecule has 0 radical (unpaired) electrons. The highest BCUT2D eigenvalue weighted by molar-refractivity contribution is 4.59. The first-order valence-corrected chi connectivity index (χ1v) is 3.65. The van der Waals surface area contributed by atoms with Crippen LogP contribution in [0.2, 0.25) is 0 Å². The Morgan fingerprint density at radius 2 is 1.33 bits per heavy atom. The third-order valence-electron chi connectivity index (χ3n) is 1.95. The van der Waals surface area contributed by atoms with E-state index in [0.717, 1.165) is 0 Å². The fourth-order valence-electron chi connectivity index (χ4n) is 0.805. The number of hydrogen-bond acceptors (Lipinski definition) is 4. The monoisotopic (exact) mass is 176 g/mol. The molecule has 0 aromatic carbocycles. The molecule has 0 heterocycles. The van der Waals surface area contributed by atoms with Gasteiger partial charge in [-0.25, -0.2) is 0 Å². The van der Waals surface area contributed by atoms with E-state index < -0.39 is 21.9 Å². The molecular formula is C6H12N2O4. The average Bonchev–Trinajstić information content (AvgIpc) is 1.85. The highest BCUT2D eigenvalue weighted by Crippen LogP contribution is 2.16. The molecule has 70 valence electrons. The molecule has 0 aromatic heterocycles. The van der Waals surface area contributed by atoms with E-state index in [1.54, 1.807) is 13.8 Å². The van der Waals surface area contributed by atoms with E-state index in [1.807, 2.05) is 0 Å². The van der Waals surface area contributed by atoms with E-state index in [-0.39, 0.29) is 5.92 Å². The molecule has 0 aliphatic rings. The summed E-state index contributed by atoms with van der Waals surface area (Å²) < 4.78 is 0. The van der Waals surface area contributed by atoms with Crippen LogP contribution in [0.4, 0.5) is 0 Å². The Kier molecular flexibility index (Phi) is 3.59. The largest absolute Gasteiger partial charge is 0.453 e. The van der Waals surface area contributed by atoms with Gasteiger partial charge in [-0.1, -0.05) is 13.8 Å². The van der Waals surface area contributed by atoms with Crippen LogP contribution >= 0.6 is 0 Å². The molecule has 0 amide bonds. The second-order valence-electron chi connectivity index (χ2n) is 3.09. The maximum absolute atomic E-state index is 10.3. The number of nitrogens with zero attached hydrogens (tertiary/aromatic N) is 2. The fourth-order valence-corrected chi connectivity index (χ4v) is 0.805. The summed E-state index contributed by atoms with van der Waals surface area (Å²) in [5.74, 6) is -0.610. The molecule has 1 unspecified atom stereocenters. The van der Waals surface area contributed by atoms with Gasteiger partial charge in [0.05, 0.1) is 15.8 Å². The topological polar surface area (TPSA) is 86.3 Å². The van der Waals surface area contributed by atoms with Crippen LogP contribution in [-0.2, 0) is 0 Å². The Labute approximate surface area is 69.9 Å². The molecule has 6 nitrogen and oxygen atoms in total. The Morgan fingerprint density at radius 1 is 1.00 bits per heavy atom. The quantitative estimate of drug-likeness (QED) is 0.365. The van der Waals surface area contributed by atoms with E-state index in [1.165, 1.54) is 6.92 Å². The lowest BCUT2D eigenvalue weighted by Crippen LogP contribution is -2.37. The lowest BCUT2D eigenvalue weighted by molar-refractivity contribution is -0.752. The highest BCUT2D eigenvalue weighted by atomic mass is 16.7. The van der Waals surface area contributed by atoms with E-state index in [4.69, 9.17) is 0 Å². The zero-order chi connectivity index (χ0) is 9.89. The molecule has 0 saturated carbocycles. The summed E-state index contributed by atoms with van der Waals surface area (Å²) in [6.07, 6.45) is -1.68. The molecule has 0 spiro atoms. The first kappa shape index (κ1) is 10.8. The second-order valence-corrected chi connectivity index (χ2v) is 3.09. The molecule has 0 aliphatic heterocycles. The maximum atomic E-state index is 10.3. The summed E-state index contributed by atoms with van der Waals surface area (Å²) in [5.41, 5.74) is 0. The van der Waals surface area contributed by atoms with Gasteiger partial charge in [0.25, 0.3) is 0 Å². The van der Waals surface area contributed by atoms with Crippen LogP contribution in [-0.4, -0.2) is 16.0 Å². The number of rotatable bonds is 4. The smallest absolute Gasteiger partial charge is 0.259 e. The minimum absolute atomic E-state index is 0.0641. The third-order valence-corrected chi connectivity index (χ3v) is 1.95. The summed E-state index contributed by atoms with van der Waals surface area (Å²) >= 11 is 0. The fraction of sp³-hybridized carbons (Fsp3) is 1.00. The van der Waals surface area contributed by atoms with E-state index in [9.17, 15) is 20.2 Å². The van der Waals surface area contributed by atoms with Gasteiger partial charge in [-0.15, -0.1) is 0 Å². The molecule has 0 bridgehead atoms. The van der Waals surface area contributed by atoms with Gasteiger partial charge in [0.15, 0.2) is 0 Å². The second kappa shape index (κ2) is 3.99. The van der Waals surface area contributed by atoms with Gasteiger partial charge in [-0.2, -0.15) is 0 Å². The molecule has 0 rings (SSSR count). The molecule has 0 aromatic rings. The SMILES string of the molecule is CC(C)C(C)C([N+](=O)[O-])[N+](=O)[O-]. The Morgan fingerprint density at radius 3 is 1.42 bits per heavy atom. The van der Waals surface area contributed by atoms with Crippen LogP contribution < -0.4 is 0 Å². The normalized spacial score (nSPS) is 13.4. The van der Waals surface area contributed by atoms with Gasteiger partial charge in [0.1, 0.15) is 0 Å². The molecule has 6 heteroatoms. The molecule has 0 fully saturated rings. The van der Waals surface area contributed by atoms with E-state index in [2.05, 4.69) is 0 Å². The molecule has 0 N–H and O–H groups in total. The van der Waals surface area contributed by atoms with Crippen molar-refractivity contribution >= 4 is 0 Å². The van der Waals surface area contributed by atoms with Crippen LogP contribution in [0.15, 0.2) is 0 Å². The van der Waals surface area contributed by atoms with Gasteiger partial charge >= 0.3 is 6.17 Å². The summed E-state index contributed by atoms with van der Waals surface area (Å²) in [7, 11) is 0. The van der Waals surface area contributed by atoms with Crippen molar-refractivity contribution in [1.29, 1.82) is 0 Å². The van der Waals surface area contributed by atoms with Gasteiger partial charge in [-0.3, -0.25) is 20.2 Å². The van der Waals surface area contributed by atoms with Gasteiger partial charge < -0.3 is 0 Å². The van der Waals surface area contributed by atoms with Crippen LogP contribution in [0.3, 0.4) is 0 Å². The Bertz CT molecular complexity index is 178. The van der Waals surface area contributed by atoms with Gasteiger partial charge in [0.2, 0.25) is 0 Å². The van der Waals surface area contributed by atoms with Gasteiger partial charge in [-0.05, 0) is 12.8 Å². The molecule has 0 aliphatic carbocycles. The van der Waals surface area contributed by atoms with Crippen LogP contribution in [0, 0.1) is 32.1 Å². The van der Waals surface area contributed by atoms with Crippen molar-refractivity contribution in [3.63, 3.8) is 0 Å². The van der Waals surface area contributed by atoms with Crippen molar-refractivity contribution in [2.24, 2.45) is 11.8 Å². The summed E-state index contributed by atoms with van der Waals surface area (Å²) in [5, 5.41) is 20.5. The minimum Gasteiger partial charge on any atom is -0.259 e. The average molecular weight is 176 g/mol. The van der Waals surface area contributed by atoms with E-state index >= 15 is 0 Å². The van der Waals surface area contributed by atoms with Crippen molar-refractivity contribution in [2.75, 3.05) is 0 Å². The molecule has 1 atom stereocenters. The summed E-state index contributed by atoms with van der Waals surface area (Å²) in [6, 6.07) is 0. The lowest BCUT2D eigenvalue weighted by Gasteiger charge is -2.13. The molecule has 12 heavy (non-hydrogen) atoms. The Balaban J connectivity index is 4.52. The van der Waals surface area contributed by atoms with Crippen LogP contribution in [0.25, 0.3) is 0 Å². The Hall–Kier alpha value is -1.20. The molecular weight excluding hydrogens is 164 g/mol. The first-order valence-electron chi connectivity index (χ1n) is 3.65.